The van der Waals surface area contributed by atoms with Gasteiger partial charge >= 0.3 is 5.97 Å². The topological polar surface area (TPSA) is 71.8 Å². The molecule has 0 amide bonds. The predicted molar refractivity (Wildman–Crippen MR) is 86.8 cm³/mol. The second-order valence-corrected chi connectivity index (χ2v) is 6.37. The molecule has 24 heavy (non-hydrogen) atoms. The minimum absolute atomic E-state index is 0.0527. The molecule has 2 aromatic rings. The lowest BCUT2D eigenvalue weighted by molar-refractivity contribution is 0.0694. The molecule has 1 atom stereocenters. The van der Waals surface area contributed by atoms with Crippen LogP contribution in [0.15, 0.2) is 17.1 Å². The molecule has 0 spiro atoms. The summed E-state index contributed by atoms with van der Waals surface area (Å²) in [7, 11) is 0. The molecule has 4 rings (SSSR count). The summed E-state index contributed by atoms with van der Waals surface area (Å²) in [5, 5.41) is 9.32. The van der Waals surface area contributed by atoms with Gasteiger partial charge in [-0.25, -0.2) is 9.18 Å². The van der Waals surface area contributed by atoms with Crippen molar-refractivity contribution in [1.29, 1.82) is 0 Å². The first-order chi connectivity index (χ1) is 11.5. The molecule has 2 aliphatic rings. The number of carboxylic acid groups (broad SMARTS) is 1. The lowest BCUT2D eigenvalue weighted by Gasteiger charge is -2.31. The summed E-state index contributed by atoms with van der Waals surface area (Å²) in [6, 6.07) is 1.01. The molecule has 0 radical (unpaired) electrons. The average molecular weight is 332 g/mol. The second-order valence-electron chi connectivity index (χ2n) is 6.37. The van der Waals surface area contributed by atoms with Crippen molar-refractivity contribution in [1.82, 2.24) is 4.57 Å². The summed E-state index contributed by atoms with van der Waals surface area (Å²) < 4.78 is 22.3. The number of aromatic nitrogens is 1. The average Bonchev–Trinajstić information content (AvgIpc) is 3.06. The number of halogens is 1. The number of hydrogen-bond donors (Lipinski definition) is 1. The summed E-state index contributed by atoms with van der Waals surface area (Å²) in [6.45, 7) is 3.66. The van der Waals surface area contributed by atoms with Gasteiger partial charge in [-0.1, -0.05) is 0 Å². The third-order valence-corrected chi connectivity index (χ3v) is 4.79. The third kappa shape index (κ3) is 2.00. The molecule has 126 valence electrons. The summed E-state index contributed by atoms with van der Waals surface area (Å²) in [4.78, 5) is 25.8. The third-order valence-electron chi connectivity index (χ3n) is 4.79. The Balaban J connectivity index is 2.11. The zero-order chi connectivity index (χ0) is 17.0. The van der Waals surface area contributed by atoms with Crippen LogP contribution >= 0.6 is 0 Å². The van der Waals surface area contributed by atoms with E-state index in [4.69, 9.17) is 4.74 Å². The van der Waals surface area contributed by atoms with E-state index in [2.05, 4.69) is 0 Å². The second kappa shape index (κ2) is 5.22. The Bertz CT molecular complexity index is 915. The van der Waals surface area contributed by atoms with Gasteiger partial charge in [-0.3, -0.25) is 4.79 Å². The van der Waals surface area contributed by atoms with Crippen LogP contribution < -0.4 is 15.1 Å². The number of benzene rings is 1. The molecule has 0 bridgehead atoms. The first-order valence-corrected chi connectivity index (χ1v) is 8.01. The fraction of sp³-hybridized carbons (Fsp3) is 0.412. The van der Waals surface area contributed by atoms with Crippen LogP contribution in [-0.4, -0.2) is 35.3 Å². The molecule has 0 unspecified atom stereocenters. The van der Waals surface area contributed by atoms with Crippen LogP contribution in [0.3, 0.4) is 0 Å². The molecule has 1 saturated heterocycles. The van der Waals surface area contributed by atoms with Gasteiger partial charge in [0.15, 0.2) is 11.6 Å². The molecular weight excluding hydrogens is 315 g/mol. The summed E-state index contributed by atoms with van der Waals surface area (Å²) in [5.41, 5.74) is -0.176. The Morgan fingerprint density at radius 1 is 1.38 bits per heavy atom. The van der Waals surface area contributed by atoms with Crippen molar-refractivity contribution in [2.45, 2.75) is 25.8 Å². The van der Waals surface area contributed by atoms with Crippen molar-refractivity contribution >= 4 is 22.6 Å². The highest BCUT2D eigenvalue weighted by atomic mass is 19.1. The maximum atomic E-state index is 14.8. The number of ether oxygens (including phenoxy) is 1. The summed E-state index contributed by atoms with van der Waals surface area (Å²) in [5.74, 6) is -1.51. The van der Waals surface area contributed by atoms with Crippen LogP contribution in [0.2, 0.25) is 0 Å². The first-order valence-electron chi connectivity index (χ1n) is 8.01. The van der Waals surface area contributed by atoms with Crippen molar-refractivity contribution < 1.29 is 19.0 Å². The number of nitrogens with zero attached hydrogens (tertiary/aromatic N) is 2. The van der Waals surface area contributed by atoms with E-state index in [0.29, 0.717) is 23.6 Å². The Labute approximate surface area is 137 Å². The van der Waals surface area contributed by atoms with E-state index in [0.717, 1.165) is 32.0 Å². The van der Waals surface area contributed by atoms with Crippen molar-refractivity contribution in [3.8, 4) is 5.75 Å². The van der Waals surface area contributed by atoms with E-state index in [-0.39, 0.29) is 17.0 Å². The molecule has 3 heterocycles. The molecule has 0 aliphatic carbocycles. The van der Waals surface area contributed by atoms with Gasteiger partial charge in [0.25, 0.3) is 0 Å². The minimum Gasteiger partial charge on any atom is -0.487 e. The number of carbonyl (C=O) groups is 1. The minimum atomic E-state index is -1.31. The number of rotatable bonds is 2. The van der Waals surface area contributed by atoms with Crippen molar-refractivity contribution in [2.75, 3.05) is 24.6 Å². The van der Waals surface area contributed by atoms with Crippen LogP contribution in [0.25, 0.3) is 10.9 Å². The lowest BCUT2D eigenvalue weighted by Crippen LogP contribution is -2.29. The highest BCUT2D eigenvalue weighted by Gasteiger charge is 2.30. The van der Waals surface area contributed by atoms with Crippen molar-refractivity contribution in [2.24, 2.45) is 0 Å². The molecule has 0 saturated carbocycles. The molecule has 1 N–H and O–H groups in total. The Morgan fingerprint density at radius 2 is 2.08 bits per heavy atom. The maximum absolute atomic E-state index is 14.8. The normalized spacial score (nSPS) is 19.6. The number of pyridine rings is 1. The van der Waals surface area contributed by atoms with E-state index < -0.39 is 17.2 Å². The summed E-state index contributed by atoms with van der Waals surface area (Å²) in [6.07, 6.45) is 3.31. The largest absolute Gasteiger partial charge is 0.487 e. The van der Waals surface area contributed by atoms with Crippen LogP contribution in [0.4, 0.5) is 10.1 Å². The SMILES string of the molecule is C[C@H]1COc2c(N3CCCC3)c(F)cc3c(=O)c(C(=O)O)cn1c23. The maximum Gasteiger partial charge on any atom is 0.341 e. The number of aromatic carboxylic acids is 1. The first kappa shape index (κ1) is 15.0. The smallest absolute Gasteiger partial charge is 0.341 e. The quantitative estimate of drug-likeness (QED) is 0.914. The van der Waals surface area contributed by atoms with Gasteiger partial charge < -0.3 is 19.3 Å². The molecule has 7 heteroatoms. The summed E-state index contributed by atoms with van der Waals surface area (Å²) >= 11 is 0. The van der Waals surface area contributed by atoms with Gasteiger partial charge in [-0.2, -0.15) is 0 Å². The molecule has 6 nitrogen and oxygen atoms in total. The van der Waals surface area contributed by atoms with Crippen molar-refractivity contribution in [3.05, 3.63) is 33.9 Å². The van der Waals surface area contributed by atoms with E-state index in [1.54, 1.807) is 4.57 Å². The van der Waals surface area contributed by atoms with E-state index in [9.17, 15) is 19.1 Å². The van der Waals surface area contributed by atoms with Gasteiger partial charge in [-0.15, -0.1) is 0 Å². The number of anilines is 1. The van der Waals surface area contributed by atoms with Crippen LogP contribution in [0.5, 0.6) is 5.75 Å². The zero-order valence-electron chi connectivity index (χ0n) is 13.2. The van der Waals surface area contributed by atoms with Crippen LogP contribution in [0.1, 0.15) is 36.2 Å². The number of carboxylic acids is 1. The van der Waals surface area contributed by atoms with Gasteiger partial charge in [0.2, 0.25) is 5.43 Å². The molecule has 1 aromatic heterocycles. The monoisotopic (exact) mass is 332 g/mol. The number of hydrogen-bond acceptors (Lipinski definition) is 4. The molecule has 1 aromatic carbocycles. The van der Waals surface area contributed by atoms with E-state index >= 15 is 0 Å². The standard InChI is InChI=1S/C17H17FN2O4/c1-9-8-24-16-13-10(15(21)11(17(22)23)7-20(9)13)6-12(18)14(16)19-4-2-3-5-19/h6-7,9H,2-5,8H2,1H3,(H,22,23)/t9-/m0/s1. The Kier molecular flexibility index (Phi) is 3.26. The molecular formula is C17H17FN2O4. The predicted octanol–water partition coefficient (Wildman–Crippen LogP) is 2.39. The van der Waals surface area contributed by atoms with Gasteiger partial charge in [0.1, 0.15) is 17.9 Å². The fourth-order valence-corrected chi connectivity index (χ4v) is 3.60. The lowest BCUT2D eigenvalue weighted by atomic mass is 10.1. The highest BCUT2D eigenvalue weighted by Crippen LogP contribution is 2.42. The zero-order valence-corrected chi connectivity index (χ0v) is 13.2. The van der Waals surface area contributed by atoms with Gasteiger partial charge in [-0.05, 0) is 25.8 Å². The highest BCUT2D eigenvalue weighted by molar-refractivity contribution is 5.97. The van der Waals surface area contributed by atoms with Crippen molar-refractivity contribution in [3.63, 3.8) is 0 Å². The Morgan fingerprint density at radius 3 is 2.75 bits per heavy atom. The van der Waals surface area contributed by atoms with E-state index in [1.165, 1.54) is 6.20 Å². The molecule has 1 fully saturated rings. The van der Waals surface area contributed by atoms with E-state index in [1.807, 2.05) is 11.8 Å². The van der Waals surface area contributed by atoms with Crippen LogP contribution in [-0.2, 0) is 0 Å². The molecule has 2 aliphatic heterocycles. The fourth-order valence-electron chi connectivity index (χ4n) is 3.60. The van der Waals surface area contributed by atoms with Gasteiger partial charge in [0, 0.05) is 19.3 Å². The van der Waals surface area contributed by atoms with Crippen LogP contribution in [0, 0.1) is 5.82 Å². The Hall–Kier alpha value is -2.57. The van der Waals surface area contributed by atoms with Gasteiger partial charge in [0.05, 0.1) is 16.9 Å².